The molecule has 0 aromatic heterocycles. The predicted molar refractivity (Wildman–Crippen MR) is 47.0 cm³/mol. The van der Waals surface area contributed by atoms with Crippen LogP contribution in [0.3, 0.4) is 0 Å². The summed E-state index contributed by atoms with van der Waals surface area (Å²) >= 11 is 10.6. The predicted octanol–water partition coefficient (Wildman–Crippen LogP) is -0.614. The van der Waals surface area contributed by atoms with Crippen LogP contribution in [0.1, 0.15) is 0 Å². The molecule has 4 nitrogen and oxygen atoms in total. The lowest BCUT2D eigenvalue weighted by Crippen LogP contribution is -2.47. The van der Waals surface area contributed by atoms with E-state index in [9.17, 15) is 9.59 Å². The van der Waals surface area contributed by atoms with Crippen LogP contribution in [0.15, 0.2) is 0 Å². The zero-order valence-electron chi connectivity index (χ0n) is 7.17. The minimum Gasteiger partial charge on any atom is -0.343 e. The number of hydrogen-bond acceptors (Lipinski definition) is 3. The van der Waals surface area contributed by atoms with Gasteiger partial charge in [-0.3, -0.25) is 9.59 Å². The first-order valence-corrected chi connectivity index (χ1v) is 4.22. The Morgan fingerprint density at radius 1 is 1.67 bits per heavy atom. The van der Waals surface area contributed by atoms with Crippen molar-refractivity contribution in [3.8, 4) is 0 Å². The Kier molecular flexibility index (Phi) is 5.07. The van der Waals surface area contributed by atoms with E-state index in [1.807, 2.05) is 0 Å². The first kappa shape index (κ1) is 9.77. The number of rotatable bonds is 5. The monoisotopic (exact) mass is 212 g/mol. The molecule has 0 saturated carbocycles. The van der Waals surface area contributed by atoms with Gasteiger partial charge in [-0.1, -0.05) is 0 Å². The maximum atomic E-state index is 11.1. The summed E-state index contributed by atoms with van der Waals surface area (Å²) in [6.45, 7) is 0. The Labute approximate surface area is 81.8 Å². The zero-order valence-corrected chi connectivity index (χ0v) is 7.68. The fourth-order valence-electron chi connectivity index (χ4n) is 0.408. The number of carbonyl (C=O) groups excluding carboxylic acids is 2. The van der Waals surface area contributed by atoms with Crippen LogP contribution in [-0.4, -0.2) is 36.0 Å². The highest BCUT2D eigenvalue weighted by Gasteiger charge is 2.16. The SMILES string of the molecule is [2H]N(C(=O)[C@@H](N)CCl)[C@H]([C]=O)CCl. The van der Waals surface area contributed by atoms with E-state index < -0.39 is 18.0 Å². The lowest BCUT2D eigenvalue weighted by atomic mass is 10.3. The number of amides is 1. The van der Waals surface area contributed by atoms with E-state index in [1.165, 1.54) is 6.29 Å². The van der Waals surface area contributed by atoms with Crippen molar-refractivity contribution in [1.82, 2.24) is 5.31 Å². The van der Waals surface area contributed by atoms with Crippen LogP contribution in [0.5, 0.6) is 0 Å². The zero-order chi connectivity index (χ0) is 10.4. The fourth-order valence-corrected chi connectivity index (χ4v) is 0.672. The minimum absolute atomic E-state index is 0.109. The number of nitrogens with one attached hydrogen (secondary N) is 1. The van der Waals surface area contributed by atoms with Gasteiger partial charge in [0.2, 0.25) is 12.2 Å². The third-order valence-electron chi connectivity index (χ3n) is 1.05. The Hall–Kier alpha value is -0.320. The van der Waals surface area contributed by atoms with Crippen LogP contribution in [0.25, 0.3) is 0 Å². The van der Waals surface area contributed by atoms with Crippen molar-refractivity contribution < 1.29 is 11.0 Å². The summed E-state index contributed by atoms with van der Waals surface area (Å²) in [5.41, 5.74) is 5.25. The van der Waals surface area contributed by atoms with Crippen LogP contribution in [0, 0.1) is 0 Å². The second-order valence-electron chi connectivity index (χ2n) is 2.02. The molecule has 0 aromatic rings. The van der Waals surface area contributed by atoms with Gasteiger partial charge in [0.15, 0.2) is 1.41 Å². The number of carbonyl (C=O) groups is 1. The highest BCUT2D eigenvalue weighted by atomic mass is 35.5. The van der Waals surface area contributed by atoms with Gasteiger partial charge in [0.25, 0.3) is 0 Å². The number of halogens is 2. The number of nitrogens with two attached hydrogens (primary N) is 1. The van der Waals surface area contributed by atoms with Crippen molar-refractivity contribution in [1.29, 1.82) is 0 Å². The summed E-state index contributed by atoms with van der Waals surface area (Å²) in [6.07, 6.45) is 1.45. The molecule has 0 bridgehead atoms. The van der Waals surface area contributed by atoms with Gasteiger partial charge in [-0.05, 0) is 0 Å². The smallest absolute Gasteiger partial charge is 0.238 e. The molecular formula is C6H9Cl2N2O2. The van der Waals surface area contributed by atoms with E-state index in [0.29, 0.717) is 5.31 Å². The molecule has 0 unspecified atom stereocenters. The molecule has 69 valence electrons. The molecule has 3 N–H and O–H groups in total. The first-order chi connectivity index (χ1) is 6.08. The molecule has 0 heterocycles. The summed E-state index contributed by atoms with van der Waals surface area (Å²) in [5, 5.41) is 0.396. The van der Waals surface area contributed by atoms with Crippen LogP contribution in [0.4, 0.5) is 0 Å². The maximum Gasteiger partial charge on any atom is 0.238 e. The summed E-state index contributed by atoms with van der Waals surface area (Å²) in [5.74, 6) is -1.04. The molecule has 0 fully saturated rings. The quantitative estimate of drug-likeness (QED) is 0.598. The van der Waals surface area contributed by atoms with E-state index in [1.54, 1.807) is 0 Å². The topological polar surface area (TPSA) is 72.2 Å². The highest BCUT2D eigenvalue weighted by Crippen LogP contribution is 1.88. The first-order valence-electron chi connectivity index (χ1n) is 3.60. The van der Waals surface area contributed by atoms with Crippen LogP contribution in [0.2, 0.25) is 1.41 Å². The molecule has 6 heteroatoms. The molecule has 0 saturated heterocycles. The average molecular weight is 213 g/mol. The number of alkyl halides is 2. The van der Waals surface area contributed by atoms with Gasteiger partial charge in [0, 0.05) is 5.88 Å². The van der Waals surface area contributed by atoms with E-state index in [2.05, 4.69) is 0 Å². The summed E-state index contributed by atoms with van der Waals surface area (Å²) < 4.78 is 7.17. The second kappa shape index (κ2) is 6.22. The van der Waals surface area contributed by atoms with Crippen molar-refractivity contribution in [2.45, 2.75) is 12.1 Å². The van der Waals surface area contributed by atoms with Crippen molar-refractivity contribution in [2.24, 2.45) is 5.73 Å². The largest absolute Gasteiger partial charge is 0.343 e. The molecule has 0 aliphatic carbocycles. The average Bonchev–Trinajstić information content (AvgIpc) is 2.17. The Morgan fingerprint density at radius 3 is 2.58 bits per heavy atom. The van der Waals surface area contributed by atoms with Crippen LogP contribution in [-0.2, 0) is 9.59 Å². The Morgan fingerprint density at radius 2 is 2.25 bits per heavy atom. The Balaban J connectivity index is 4.30. The summed E-state index contributed by atoms with van der Waals surface area (Å²) in [6, 6.07) is -2.08. The van der Waals surface area contributed by atoms with E-state index >= 15 is 0 Å². The molecule has 0 aliphatic heterocycles. The van der Waals surface area contributed by atoms with Gasteiger partial charge in [0.05, 0.1) is 11.9 Å². The van der Waals surface area contributed by atoms with Crippen LogP contribution >= 0.6 is 23.2 Å². The molecule has 0 aromatic carbocycles. The van der Waals surface area contributed by atoms with Crippen molar-refractivity contribution in [3.63, 3.8) is 0 Å². The standard InChI is InChI=1S/C6H9Cl2N2O2/c7-1-4(3-11)10-6(12)5(9)2-8/h4-5H,1-2,9H2,(H,10,12)/t4-,5-/m0/s1/i/hD. The van der Waals surface area contributed by atoms with Gasteiger partial charge in [0.1, 0.15) is 6.04 Å². The van der Waals surface area contributed by atoms with Crippen molar-refractivity contribution in [2.75, 3.05) is 11.8 Å². The lowest BCUT2D eigenvalue weighted by molar-refractivity contribution is -0.122. The molecule has 1 amide bonds. The van der Waals surface area contributed by atoms with Gasteiger partial charge in [-0.2, -0.15) is 0 Å². The lowest BCUT2D eigenvalue weighted by Gasteiger charge is -2.11. The van der Waals surface area contributed by atoms with Gasteiger partial charge >= 0.3 is 0 Å². The minimum atomic E-state index is -1.09. The molecule has 1 radical (unpaired) electrons. The van der Waals surface area contributed by atoms with Gasteiger partial charge < -0.3 is 11.0 Å². The molecular weight excluding hydrogens is 203 g/mol. The molecule has 0 aliphatic rings. The summed E-state index contributed by atoms with van der Waals surface area (Å²) in [4.78, 5) is 21.3. The third-order valence-corrected chi connectivity index (χ3v) is 1.67. The van der Waals surface area contributed by atoms with Crippen molar-refractivity contribution in [3.05, 3.63) is 0 Å². The number of hydrogen-bond donors (Lipinski definition) is 2. The normalized spacial score (nSPS) is 16.1. The Bertz CT molecular complexity index is 193. The highest BCUT2D eigenvalue weighted by molar-refractivity contribution is 6.20. The van der Waals surface area contributed by atoms with Gasteiger partial charge in [-0.15, -0.1) is 23.2 Å². The van der Waals surface area contributed by atoms with Crippen molar-refractivity contribution >= 4 is 35.4 Å². The van der Waals surface area contributed by atoms with E-state index in [-0.39, 0.29) is 11.8 Å². The third kappa shape index (κ3) is 3.90. The molecule has 0 spiro atoms. The van der Waals surface area contributed by atoms with E-state index in [4.69, 9.17) is 30.3 Å². The second-order valence-corrected chi connectivity index (χ2v) is 2.63. The summed E-state index contributed by atoms with van der Waals surface area (Å²) in [7, 11) is 0. The fraction of sp³-hybridized carbons (Fsp3) is 0.667. The maximum absolute atomic E-state index is 11.1. The van der Waals surface area contributed by atoms with Crippen LogP contribution < -0.4 is 11.0 Å². The van der Waals surface area contributed by atoms with Gasteiger partial charge in [-0.25, -0.2) is 0 Å². The molecule has 12 heavy (non-hydrogen) atoms. The molecule has 2 atom stereocenters. The van der Waals surface area contributed by atoms with E-state index in [0.717, 1.165) is 0 Å². The molecule has 0 rings (SSSR count).